The summed E-state index contributed by atoms with van der Waals surface area (Å²) in [6, 6.07) is 14.1. The molecule has 6 rings (SSSR count). The molecule has 0 radical (unpaired) electrons. The number of anilines is 1. The van der Waals surface area contributed by atoms with Crippen molar-refractivity contribution in [2.45, 2.75) is 26.5 Å². The number of aryl methyl sites for hydroxylation is 1. The van der Waals surface area contributed by atoms with Crippen LogP contribution in [0.1, 0.15) is 18.2 Å². The molecule has 1 amide bonds. The predicted molar refractivity (Wildman–Crippen MR) is 145 cm³/mol. The van der Waals surface area contributed by atoms with Crippen LogP contribution in [0.5, 0.6) is 0 Å². The number of nitrogens with zero attached hydrogens (tertiary/aromatic N) is 6. The fourth-order valence-electron chi connectivity index (χ4n) is 5.06. The number of amides is 1. The number of fused-ring (bicyclic) bond motifs is 3. The van der Waals surface area contributed by atoms with Gasteiger partial charge in [0.15, 0.2) is 5.82 Å². The van der Waals surface area contributed by atoms with Crippen LogP contribution in [-0.4, -0.2) is 69.7 Å². The highest BCUT2D eigenvalue weighted by Gasteiger charge is 2.39. The molecule has 5 heterocycles. The smallest absolute Gasteiger partial charge is 0.251 e. The van der Waals surface area contributed by atoms with Gasteiger partial charge in [-0.05, 0) is 37.6 Å². The van der Waals surface area contributed by atoms with E-state index in [-0.39, 0.29) is 18.0 Å². The Kier molecular flexibility index (Phi) is 6.34. The molecule has 3 aliphatic rings. The van der Waals surface area contributed by atoms with Crippen LogP contribution < -0.4 is 10.2 Å². The molecule has 2 aromatic heterocycles. The summed E-state index contributed by atoms with van der Waals surface area (Å²) < 4.78 is 7.09. The lowest BCUT2D eigenvalue weighted by Crippen LogP contribution is -2.45. The van der Waals surface area contributed by atoms with E-state index in [1.54, 1.807) is 10.9 Å². The monoisotopic (exact) mass is 511 g/mol. The Hall–Kier alpha value is -4.15. The summed E-state index contributed by atoms with van der Waals surface area (Å²) >= 11 is 0. The molecule has 10 nitrogen and oxygen atoms in total. The average Bonchev–Trinajstić information content (AvgIpc) is 3.32. The van der Waals surface area contributed by atoms with E-state index >= 15 is 0 Å². The van der Waals surface area contributed by atoms with Gasteiger partial charge in [-0.1, -0.05) is 18.2 Å². The molecule has 10 heteroatoms. The minimum Gasteiger partial charge on any atom is -0.387 e. The lowest BCUT2D eigenvalue weighted by atomic mass is 9.88. The number of pyridine rings is 1. The summed E-state index contributed by atoms with van der Waals surface area (Å²) in [5.74, 6) is 0.342. The first-order chi connectivity index (χ1) is 18.5. The number of morpholine rings is 1. The van der Waals surface area contributed by atoms with Gasteiger partial charge in [-0.3, -0.25) is 9.78 Å². The van der Waals surface area contributed by atoms with Crippen molar-refractivity contribution in [1.29, 1.82) is 0 Å². The minimum absolute atomic E-state index is 0.199. The highest BCUT2D eigenvalue weighted by molar-refractivity contribution is 6.13. The molecule has 2 N–H and O–H groups in total. The maximum atomic E-state index is 13.0. The second kappa shape index (κ2) is 9.96. The molecule has 2 unspecified atom stereocenters. The van der Waals surface area contributed by atoms with Crippen LogP contribution in [0.2, 0.25) is 0 Å². The first-order valence-corrected chi connectivity index (χ1v) is 12.7. The van der Waals surface area contributed by atoms with Gasteiger partial charge in [-0.2, -0.15) is 5.10 Å². The molecule has 0 bridgehead atoms. The number of aromatic nitrogens is 3. The van der Waals surface area contributed by atoms with Gasteiger partial charge in [0.2, 0.25) is 0 Å². The SMILES string of the molecule is CC1=Nc2cc(C)nn2C2=NC=C(C(=O)NCc3ccc(-c4cccc(N5CCOCC5)c4)nc3)C(O)C12. The first kappa shape index (κ1) is 24.2. The van der Waals surface area contributed by atoms with Crippen molar-refractivity contribution in [2.24, 2.45) is 15.9 Å². The van der Waals surface area contributed by atoms with Crippen molar-refractivity contribution < 1.29 is 14.6 Å². The van der Waals surface area contributed by atoms with Crippen LogP contribution in [0.25, 0.3) is 11.3 Å². The highest BCUT2D eigenvalue weighted by Crippen LogP contribution is 2.31. The zero-order valence-corrected chi connectivity index (χ0v) is 21.3. The van der Waals surface area contributed by atoms with E-state index in [1.165, 1.54) is 6.20 Å². The third-order valence-electron chi connectivity index (χ3n) is 7.08. The van der Waals surface area contributed by atoms with Gasteiger partial charge in [0.05, 0.1) is 36.1 Å². The number of aliphatic imine (C=N–C) groups is 2. The molecule has 2 atom stereocenters. The Labute approximate surface area is 220 Å². The quantitative estimate of drug-likeness (QED) is 0.544. The molecule has 0 spiro atoms. The summed E-state index contributed by atoms with van der Waals surface area (Å²) in [7, 11) is 0. The first-order valence-electron chi connectivity index (χ1n) is 12.7. The molecule has 194 valence electrons. The number of hydrogen-bond acceptors (Lipinski definition) is 8. The summed E-state index contributed by atoms with van der Waals surface area (Å²) in [6.45, 7) is 7.23. The van der Waals surface area contributed by atoms with Gasteiger partial charge in [-0.15, -0.1) is 0 Å². The zero-order chi connectivity index (χ0) is 26.2. The number of ether oxygens (including phenoxy) is 1. The van der Waals surface area contributed by atoms with Crippen molar-refractivity contribution >= 4 is 29.0 Å². The highest BCUT2D eigenvalue weighted by atomic mass is 16.5. The van der Waals surface area contributed by atoms with Crippen LogP contribution in [0, 0.1) is 12.8 Å². The van der Waals surface area contributed by atoms with E-state index in [0.29, 0.717) is 17.4 Å². The molecule has 38 heavy (non-hydrogen) atoms. The molecular formula is C28H29N7O3. The van der Waals surface area contributed by atoms with Gasteiger partial charge in [-0.25, -0.2) is 14.7 Å². The van der Waals surface area contributed by atoms with Gasteiger partial charge in [0.1, 0.15) is 11.9 Å². The molecular weight excluding hydrogens is 482 g/mol. The summed E-state index contributed by atoms with van der Waals surface area (Å²) in [6.07, 6.45) is 2.12. The topological polar surface area (TPSA) is 117 Å². The Morgan fingerprint density at radius 1 is 1.16 bits per heavy atom. The fourth-order valence-corrected chi connectivity index (χ4v) is 5.06. The Morgan fingerprint density at radius 3 is 2.79 bits per heavy atom. The van der Waals surface area contributed by atoms with Crippen LogP contribution >= 0.6 is 0 Å². The number of aliphatic hydroxyl groups excluding tert-OH is 1. The molecule has 1 aromatic carbocycles. The maximum Gasteiger partial charge on any atom is 0.251 e. The number of carbonyl (C=O) groups is 1. The molecule has 1 fully saturated rings. The fraction of sp³-hybridized carbons (Fsp3) is 0.321. The van der Waals surface area contributed by atoms with Crippen LogP contribution in [-0.2, 0) is 16.1 Å². The average molecular weight is 512 g/mol. The van der Waals surface area contributed by atoms with E-state index in [1.807, 2.05) is 44.2 Å². The lowest BCUT2D eigenvalue weighted by molar-refractivity contribution is -0.118. The third-order valence-corrected chi connectivity index (χ3v) is 7.08. The largest absolute Gasteiger partial charge is 0.387 e. The summed E-state index contributed by atoms with van der Waals surface area (Å²) in [5.41, 5.74) is 5.62. The minimum atomic E-state index is -1.07. The number of carbonyl (C=O) groups excluding carboxylic acids is 1. The van der Waals surface area contributed by atoms with Gasteiger partial charge >= 0.3 is 0 Å². The van der Waals surface area contributed by atoms with E-state index in [0.717, 1.165) is 54.5 Å². The molecule has 3 aliphatic heterocycles. The normalized spacial score (nSPS) is 20.6. The van der Waals surface area contributed by atoms with Crippen molar-refractivity contribution in [1.82, 2.24) is 20.1 Å². The number of benzene rings is 1. The number of aliphatic hydroxyl groups is 1. The van der Waals surface area contributed by atoms with Gasteiger partial charge in [0, 0.05) is 55.1 Å². The lowest BCUT2D eigenvalue weighted by Gasteiger charge is -2.31. The summed E-state index contributed by atoms with van der Waals surface area (Å²) in [4.78, 5) is 29.0. The zero-order valence-electron chi connectivity index (χ0n) is 21.3. The number of nitrogens with one attached hydrogen (secondary N) is 1. The van der Waals surface area contributed by atoms with E-state index < -0.39 is 12.0 Å². The van der Waals surface area contributed by atoms with Crippen molar-refractivity contribution in [3.8, 4) is 11.3 Å². The van der Waals surface area contributed by atoms with Crippen molar-refractivity contribution in [3.63, 3.8) is 0 Å². The van der Waals surface area contributed by atoms with Crippen molar-refractivity contribution in [2.75, 3.05) is 31.2 Å². The third kappa shape index (κ3) is 4.52. The molecule has 0 saturated carbocycles. The predicted octanol–water partition coefficient (Wildman–Crippen LogP) is 2.63. The van der Waals surface area contributed by atoms with E-state index in [2.05, 4.69) is 42.4 Å². The number of rotatable bonds is 5. The Balaban J connectivity index is 1.13. The maximum absolute atomic E-state index is 13.0. The second-order valence-electron chi connectivity index (χ2n) is 9.69. The van der Waals surface area contributed by atoms with Crippen molar-refractivity contribution in [3.05, 3.63) is 71.7 Å². The molecule has 3 aromatic rings. The van der Waals surface area contributed by atoms with E-state index in [4.69, 9.17) is 4.74 Å². The molecule has 1 saturated heterocycles. The number of hydrogen-bond donors (Lipinski definition) is 2. The Bertz CT molecular complexity index is 1470. The summed E-state index contributed by atoms with van der Waals surface area (Å²) in [5, 5.41) is 18.4. The van der Waals surface area contributed by atoms with Gasteiger partial charge in [0.25, 0.3) is 5.91 Å². The standard InChI is InChI=1S/C28H29N7O3/c1-17-12-24-32-18(2)25-26(36)22(16-30-27(25)35(24)33-17)28(37)31-15-19-6-7-23(29-14-19)20-4-3-5-21(13-20)34-8-10-38-11-9-34/h3-7,12-14,16,25-26,36H,8-11,15H2,1-2H3,(H,31,37). The van der Waals surface area contributed by atoms with Crippen LogP contribution in [0.4, 0.5) is 11.5 Å². The Morgan fingerprint density at radius 2 is 2.00 bits per heavy atom. The second-order valence-corrected chi connectivity index (χ2v) is 9.69. The molecule has 0 aliphatic carbocycles. The van der Waals surface area contributed by atoms with E-state index in [9.17, 15) is 9.90 Å². The van der Waals surface area contributed by atoms with Gasteiger partial charge < -0.3 is 20.1 Å². The van der Waals surface area contributed by atoms with Crippen LogP contribution in [0.3, 0.4) is 0 Å². The van der Waals surface area contributed by atoms with Crippen LogP contribution in [0.15, 0.2) is 70.4 Å².